The number of aryl methyl sites for hydroxylation is 1. The van der Waals surface area contributed by atoms with Crippen molar-refractivity contribution in [3.8, 4) is 0 Å². The SMILES string of the molecule is Cc1nnc(/C=C/c2cnc3ccccc3c2)nn1. The fourth-order valence-corrected chi connectivity index (χ4v) is 1.70. The van der Waals surface area contributed by atoms with E-state index < -0.39 is 0 Å². The van der Waals surface area contributed by atoms with Gasteiger partial charge in [0.15, 0.2) is 11.6 Å². The molecule has 19 heavy (non-hydrogen) atoms. The maximum atomic E-state index is 4.38. The molecule has 3 rings (SSSR count). The van der Waals surface area contributed by atoms with Crippen LogP contribution in [0, 0.1) is 6.92 Å². The lowest BCUT2D eigenvalue weighted by atomic mass is 10.1. The van der Waals surface area contributed by atoms with Crippen LogP contribution in [0.4, 0.5) is 0 Å². The molecule has 1 aromatic carbocycles. The number of nitrogens with zero attached hydrogens (tertiary/aromatic N) is 5. The first-order valence-electron chi connectivity index (χ1n) is 5.88. The van der Waals surface area contributed by atoms with E-state index in [0.29, 0.717) is 11.6 Å². The summed E-state index contributed by atoms with van der Waals surface area (Å²) in [6, 6.07) is 10.1. The maximum absolute atomic E-state index is 4.38. The molecule has 2 heterocycles. The van der Waals surface area contributed by atoms with Crippen LogP contribution >= 0.6 is 0 Å². The van der Waals surface area contributed by atoms with Crippen molar-refractivity contribution in [2.24, 2.45) is 0 Å². The summed E-state index contributed by atoms with van der Waals surface area (Å²) in [6.07, 6.45) is 5.48. The van der Waals surface area contributed by atoms with Crippen molar-refractivity contribution in [1.29, 1.82) is 0 Å². The third-order valence-electron chi connectivity index (χ3n) is 2.63. The van der Waals surface area contributed by atoms with Crippen LogP contribution < -0.4 is 0 Å². The maximum Gasteiger partial charge on any atom is 0.196 e. The largest absolute Gasteiger partial charge is 0.256 e. The molecule has 92 valence electrons. The lowest BCUT2D eigenvalue weighted by Gasteiger charge is -1.98. The predicted molar refractivity (Wildman–Crippen MR) is 73.0 cm³/mol. The minimum Gasteiger partial charge on any atom is -0.256 e. The molecular formula is C14H11N5. The van der Waals surface area contributed by atoms with Crippen LogP contribution in [0.2, 0.25) is 0 Å². The molecule has 0 atom stereocenters. The highest BCUT2D eigenvalue weighted by molar-refractivity contribution is 5.81. The molecule has 0 spiro atoms. The minimum atomic E-state index is 0.485. The zero-order valence-electron chi connectivity index (χ0n) is 10.4. The van der Waals surface area contributed by atoms with Crippen LogP contribution in [-0.4, -0.2) is 25.4 Å². The van der Waals surface area contributed by atoms with E-state index in [4.69, 9.17) is 0 Å². The van der Waals surface area contributed by atoms with Gasteiger partial charge < -0.3 is 0 Å². The number of aromatic nitrogens is 5. The normalized spacial score (nSPS) is 11.2. The van der Waals surface area contributed by atoms with Crippen LogP contribution in [-0.2, 0) is 0 Å². The summed E-state index contributed by atoms with van der Waals surface area (Å²) < 4.78 is 0. The van der Waals surface area contributed by atoms with E-state index in [-0.39, 0.29) is 0 Å². The zero-order valence-corrected chi connectivity index (χ0v) is 10.4. The second-order valence-electron chi connectivity index (χ2n) is 4.10. The van der Waals surface area contributed by atoms with Gasteiger partial charge in [0.05, 0.1) is 5.52 Å². The van der Waals surface area contributed by atoms with Gasteiger partial charge in [0, 0.05) is 11.6 Å². The lowest BCUT2D eigenvalue weighted by Crippen LogP contribution is -1.97. The van der Waals surface area contributed by atoms with Crippen molar-refractivity contribution in [3.63, 3.8) is 0 Å². The summed E-state index contributed by atoms with van der Waals surface area (Å²) in [5, 5.41) is 16.7. The molecule has 0 aliphatic carbocycles. The fraction of sp³-hybridized carbons (Fsp3) is 0.0714. The van der Waals surface area contributed by atoms with Crippen molar-refractivity contribution >= 4 is 23.1 Å². The van der Waals surface area contributed by atoms with Crippen molar-refractivity contribution in [1.82, 2.24) is 25.4 Å². The minimum absolute atomic E-state index is 0.485. The van der Waals surface area contributed by atoms with E-state index in [1.54, 1.807) is 13.0 Å². The molecule has 0 unspecified atom stereocenters. The van der Waals surface area contributed by atoms with Crippen molar-refractivity contribution < 1.29 is 0 Å². The van der Waals surface area contributed by atoms with Crippen molar-refractivity contribution in [3.05, 3.63) is 53.7 Å². The molecule has 0 radical (unpaired) electrons. The first-order valence-corrected chi connectivity index (χ1v) is 5.88. The summed E-state index contributed by atoms with van der Waals surface area (Å²) in [5.41, 5.74) is 1.97. The number of hydrogen-bond acceptors (Lipinski definition) is 5. The molecule has 0 bridgehead atoms. The van der Waals surface area contributed by atoms with Crippen LogP contribution in [0.5, 0.6) is 0 Å². The predicted octanol–water partition coefficient (Wildman–Crippen LogP) is 2.29. The average molecular weight is 249 g/mol. The Labute approximate surface area is 110 Å². The molecular weight excluding hydrogens is 238 g/mol. The summed E-state index contributed by atoms with van der Waals surface area (Å²) >= 11 is 0. The van der Waals surface area contributed by atoms with E-state index in [0.717, 1.165) is 16.5 Å². The molecule has 0 saturated carbocycles. The van der Waals surface area contributed by atoms with Gasteiger partial charge in [-0.2, -0.15) is 0 Å². The van der Waals surface area contributed by atoms with Gasteiger partial charge in [0.25, 0.3) is 0 Å². The molecule has 0 aliphatic heterocycles. The molecule has 0 fully saturated rings. The number of benzene rings is 1. The molecule has 5 nitrogen and oxygen atoms in total. The average Bonchev–Trinajstić information content (AvgIpc) is 2.46. The van der Waals surface area contributed by atoms with Crippen LogP contribution in [0.15, 0.2) is 36.5 Å². The molecule has 3 aromatic rings. The Kier molecular flexibility index (Phi) is 2.94. The second-order valence-corrected chi connectivity index (χ2v) is 4.10. The summed E-state index contributed by atoms with van der Waals surface area (Å²) in [4.78, 5) is 4.38. The quantitative estimate of drug-likeness (QED) is 0.697. The van der Waals surface area contributed by atoms with Crippen LogP contribution in [0.1, 0.15) is 17.2 Å². The Bertz CT molecular complexity index is 734. The van der Waals surface area contributed by atoms with Gasteiger partial charge in [-0.25, -0.2) is 0 Å². The number of hydrogen-bond donors (Lipinski definition) is 0. The molecule has 5 heteroatoms. The first kappa shape index (κ1) is 11.4. The van der Waals surface area contributed by atoms with Gasteiger partial charge in [-0.05, 0) is 36.8 Å². The highest BCUT2D eigenvalue weighted by Gasteiger charge is 1.96. The molecule has 0 aliphatic rings. The zero-order chi connectivity index (χ0) is 13.1. The Balaban J connectivity index is 1.90. The fourth-order valence-electron chi connectivity index (χ4n) is 1.70. The molecule has 2 aromatic heterocycles. The van der Waals surface area contributed by atoms with E-state index in [9.17, 15) is 0 Å². The van der Waals surface area contributed by atoms with Gasteiger partial charge in [0.2, 0.25) is 0 Å². The Morgan fingerprint density at radius 3 is 2.58 bits per heavy atom. The highest BCUT2D eigenvalue weighted by atomic mass is 15.3. The van der Waals surface area contributed by atoms with Gasteiger partial charge in [-0.3, -0.25) is 4.98 Å². The Morgan fingerprint density at radius 1 is 0.947 bits per heavy atom. The number of pyridine rings is 1. The van der Waals surface area contributed by atoms with E-state index in [1.807, 2.05) is 36.5 Å². The van der Waals surface area contributed by atoms with Gasteiger partial charge >= 0.3 is 0 Å². The smallest absolute Gasteiger partial charge is 0.196 e. The second kappa shape index (κ2) is 4.89. The standard InChI is InChI=1S/C14H11N5/c1-10-16-18-14(19-17-10)7-6-11-8-12-4-2-3-5-13(12)15-9-11/h2-9H,1H3/b7-6+. The number of para-hydroxylation sites is 1. The Morgan fingerprint density at radius 2 is 1.74 bits per heavy atom. The van der Waals surface area contributed by atoms with Crippen molar-refractivity contribution in [2.75, 3.05) is 0 Å². The third kappa shape index (κ3) is 2.60. The van der Waals surface area contributed by atoms with Gasteiger partial charge in [0.1, 0.15) is 0 Å². The third-order valence-corrected chi connectivity index (χ3v) is 2.63. The topological polar surface area (TPSA) is 64.5 Å². The lowest BCUT2D eigenvalue weighted by molar-refractivity contribution is 0.795. The number of fused-ring (bicyclic) bond motifs is 1. The van der Waals surface area contributed by atoms with Crippen LogP contribution in [0.3, 0.4) is 0 Å². The molecule has 0 saturated heterocycles. The van der Waals surface area contributed by atoms with E-state index in [1.165, 1.54) is 0 Å². The monoisotopic (exact) mass is 249 g/mol. The van der Waals surface area contributed by atoms with Gasteiger partial charge in [-0.15, -0.1) is 20.4 Å². The summed E-state index contributed by atoms with van der Waals surface area (Å²) in [5.74, 6) is 1.04. The van der Waals surface area contributed by atoms with Gasteiger partial charge in [-0.1, -0.05) is 18.2 Å². The van der Waals surface area contributed by atoms with Crippen LogP contribution in [0.25, 0.3) is 23.1 Å². The summed E-state index contributed by atoms with van der Waals surface area (Å²) in [6.45, 7) is 1.75. The highest BCUT2D eigenvalue weighted by Crippen LogP contribution is 2.14. The Hall–Kier alpha value is -2.69. The van der Waals surface area contributed by atoms with E-state index >= 15 is 0 Å². The van der Waals surface area contributed by atoms with E-state index in [2.05, 4.69) is 31.4 Å². The first-order chi connectivity index (χ1) is 9.31. The number of rotatable bonds is 2. The molecule has 0 amide bonds. The van der Waals surface area contributed by atoms with Crippen molar-refractivity contribution in [2.45, 2.75) is 6.92 Å². The summed E-state index contributed by atoms with van der Waals surface area (Å²) in [7, 11) is 0. The molecule has 0 N–H and O–H groups in total.